The number of hydrogen-bond donors (Lipinski definition) is 1. The molecule has 0 aromatic heterocycles. The lowest BCUT2D eigenvalue weighted by Gasteiger charge is -2.11. The van der Waals surface area contributed by atoms with E-state index < -0.39 is 0 Å². The Labute approximate surface area is 144 Å². The van der Waals surface area contributed by atoms with Gasteiger partial charge in [-0.1, -0.05) is 48.6 Å². The first kappa shape index (κ1) is 19.1. The van der Waals surface area contributed by atoms with E-state index in [-0.39, 0.29) is 12.4 Å². The number of nitrogens with one attached hydrogen (secondary N) is 1. The van der Waals surface area contributed by atoms with E-state index in [2.05, 4.69) is 43.1 Å². The summed E-state index contributed by atoms with van der Waals surface area (Å²) >= 11 is 0. The summed E-state index contributed by atoms with van der Waals surface area (Å²) in [5.74, 6) is 1.49. The molecule has 0 aliphatic carbocycles. The molecule has 0 aliphatic heterocycles. The predicted molar refractivity (Wildman–Crippen MR) is 97.7 cm³/mol. The molecule has 124 valence electrons. The third-order valence-electron chi connectivity index (χ3n) is 3.36. The number of hydrogen-bond acceptors (Lipinski definition) is 3. The van der Waals surface area contributed by atoms with E-state index in [0.29, 0.717) is 6.61 Å². The third kappa shape index (κ3) is 5.97. The van der Waals surface area contributed by atoms with Crippen LogP contribution < -0.4 is 14.8 Å². The summed E-state index contributed by atoms with van der Waals surface area (Å²) in [7, 11) is 1.65. The number of halogens is 1. The number of ether oxygens (including phenoxy) is 2. The fraction of sp³-hybridized carbons (Fsp3) is 0.263. The van der Waals surface area contributed by atoms with E-state index in [9.17, 15) is 0 Å². The van der Waals surface area contributed by atoms with Crippen LogP contribution >= 0.6 is 12.4 Å². The second-order valence-corrected chi connectivity index (χ2v) is 5.17. The van der Waals surface area contributed by atoms with Gasteiger partial charge in [0, 0.05) is 13.1 Å². The Balaban J connectivity index is 0.00000264. The molecule has 0 unspecified atom stereocenters. The first-order valence-corrected chi connectivity index (χ1v) is 7.40. The average Bonchev–Trinajstić information content (AvgIpc) is 2.55. The number of methoxy groups -OCH3 is 1. The highest BCUT2D eigenvalue weighted by molar-refractivity contribution is 5.85. The molecule has 23 heavy (non-hydrogen) atoms. The van der Waals surface area contributed by atoms with Gasteiger partial charge in [0.1, 0.15) is 6.61 Å². The van der Waals surface area contributed by atoms with Gasteiger partial charge in [-0.2, -0.15) is 0 Å². The van der Waals surface area contributed by atoms with E-state index in [0.717, 1.165) is 30.2 Å². The van der Waals surface area contributed by atoms with Crippen LogP contribution in [-0.4, -0.2) is 13.7 Å². The first-order chi connectivity index (χ1) is 10.7. The Morgan fingerprint density at radius 3 is 2.30 bits per heavy atom. The standard InChI is InChI=1S/C19H23NO2.ClH/c1-4-11-22-18-10-9-17(12-19(18)21-3)14-20-13-16-7-5-15(2)6-8-16;/h4-10,12,20H,1,11,13-14H2,2-3H3;1H. The molecule has 0 bridgehead atoms. The number of aryl methyl sites for hydroxylation is 1. The van der Waals surface area contributed by atoms with Crippen molar-refractivity contribution in [2.75, 3.05) is 13.7 Å². The number of benzene rings is 2. The summed E-state index contributed by atoms with van der Waals surface area (Å²) in [4.78, 5) is 0. The minimum atomic E-state index is 0. The molecule has 1 N–H and O–H groups in total. The highest BCUT2D eigenvalue weighted by atomic mass is 35.5. The van der Waals surface area contributed by atoms with Crippen molar-refractivity contribution < 1.29 is 9.47 Å². The molecule has 0 radical (unpaired) electrons. The van der Waals surface area contributed by atoms with Gasteiger partial charge in [0.05, 0.1) is 7.11 Å². The van der Waals surface area contributed by atoms with E-state index in [1.54, 1.807) is 13.2 Å². The summed E-state index contributed by atoms with van der Waals surface area (Å²) in [6.45, 7) is 7.85. The minimum absolute atomic E-state index is 0. The van der Waals surface area contributed by atoms with E-state index in [1.807, 2.05) is 18.2 Å². The second-order valence-electron chi connectivity index (χ2n) is 5.17. The van der Waals surface area contributed by atoms with Crippen molar-refractivity contribution in [3.63, 3.8) is 0 Å². The maximum Gasteiger partial charge on any atom is 0.161 e. The van der Waals surface area contributed by atoms with Gasteiger partial charge in [0.2, 0.25) is 0 Å². The molecule has 3 nitrogen and oxygen atoms in total. The van der Waals surface area contributed by atoms with Crippen LogP contribution in [0.5, 0.6) is 11.5 Å². The molecule has 0 aliphatic rings. The molecule has 0 heterocycles. The van der Waals surface area contributed by atoms with Gasteiger partial charge in [-0.3, -0.25) is 0 Å². The Morgan fingerprint density at radius 2 is 1.65 bits per heavy atom. The highest BCUT2D eigenvalue weighted by Crippen LogP contribution is 2.28. The lowest BCUT2D eigenvalue weighted by Crippen LogP contribution is -2.12. The van der Waals surface area contributed by atoms with Crippen LogP contribution in [0.4, 0.5) is 0 Å². The molecule has 2 rings (SSSR count). The zero-order valence-corrected chi connectivity index (χ0v) is 14.5. The van der Waals surface area contributed by atoms with Crippen molar-refractivity contribution in [2.24, 2.45) is 0 Å². The van der Waals surface area contributed by atoms with Crippen molar-refractivity contribution in [2.45, 2.75) is 20.0 Å². The van der Waals surface area contributed by atoms with Crippen LogP contribution in [0.15, 0.2) is 55.1 Å². The smallest absolute Gasteiger partial charge is 0.161 e. The highest BCUT2D eigenvalue weighted by Gasteiger charge is 2.05. The Bertz CT molecular complexity index is 611. The molecule has 4 heteroatoms. The molecular formula is C19H24ClNO2. The Morgan fingerprint density at radius 1 is 1.00 bits per heavy atom. The van der Waals surface area contributed by atoms with Crippen LogP contribution in [-0.2, 0) is 13.1 Å². The molecule has 2 aromatic carbocycles. The van der Waals surface area contributed by atoms with Crippen LogP contribution in [0, 0.1) is 6.92 Å². The quantitative estimate of drug-likeness (QED) is 0.731. The maximum atomic E-state index is 5.55. The third-order valence-corrected chi connectivity index (χ3v) is 3.36. The van der Waals surface area contributed by atoms with Crippen molar-refractivity contribution in [3.05, 3.63) is 71.8 Å². The fourth-order valence-electron chi connectivity index (χ4n) is 2.15. The molecular weight excluding hydrogens is 310 g/mol. The van der Waals surface area contributed by atoms with E-state index in [1.165, 1.54) is 11.1 Å². The topological polar surface area (TPSA) is 30.5 Å². The molecule has 0 fully saturated rings. The zero-order chi connectivity index (χ0) is 15.8. The van der Waals surface area contributed by atoms with Crippen LogP contribution in [0.1, 0.15) is 16.7 Å². The van der Waals surface area contributed by atoms with E-state index in [4.69, 9.17) is 9.47 Å². The Hall–Kier alpha value is -1.97. The van der Waals surface area contributed by atoms with Crippen LogP contribution in [0.25, 0.3) is 0 Å². The summed E-state index contributed by atoms with van der Waals surface area (Å²) in [6, 6.07) is 14.5. The minimum Gasteiger partial charge on any atom is -0.493 e. The molecule has 0 amide bonds. The lowest BCUT2D eigenvalue weighted by atomic mass is 10.1. The lowest BCUT2D eigenvalue weighted by molar-refractivity contribution is 0.326. The molecule has 0 saturated carbocycles. The first-order valence-electron chi connectivity index (χ1n) is 7.40. The van der Waals surface area contributed by atoms with Gasteiger partial charge in [-0.25, -0.2) is 0 Å². The van der Waals surface area contributed by atoms with Gasteiger partial charge < -0.3 is 14.8 Å². The molecule has 0 saturated heterocycles. The zero-order valence-electron chi connectivity index (χ0n) is 13.7. The summed E-state index contributed by atoms with van der Waals surface area (Å²) in [5, 5.41) is 3.44. The largest absolute Gasteiger partial charge is 0.493 e. The summed E-state index contributed by atoms with van der Waals surface area (Å²) in [6.07, 6.45) is 1.72. The van der Waals surface area contributed by atoms with Gasteiger partial charge >= 0.3 is 0 Å². The van der Waals surface area contributed by atoms with Crippen molar-refractivity contribution >= 4 is 12.4 Å². The van der Waals surface area contributed by atoms with Crippen molar-refractivity contribution in [3.8, 4) is 11.5 Å². The van der Waals surface area contributed by atoms with Crippen LogP contribution in [0.3, 0.4) is 0 Å². The van der Waals surface area contributed by atoms with Crippen molar-refractivity contribution in [1.29, 1.82) is 0 Å². The van der Waals surface area contributed by atoms with Gasteiger partial charge in [-0.15, -0.1) is 12.4 Å². The summed E-state index contributed by atoms with van der Waals surface area (Å²) < 4.78 is 10.9. The Kier molecular flexibility index (Phi) is 8.23. The van der Waals surface area contributed by atoms with E-state index >= 15 is 0 Å². The second kappa shape index (κ2) is 9.93. The maximum absolute atomic E-state index is 5.55. The fourth-order valence-corrected chi connectivity index (χ4v) is 2.15. The van der Waals surface area contributed by atoms with Gasteiger partial charge in [0.15, 0.2) is 11.5 Å². The monoisotopic (exact) mass is 333 g/mol. The average molecular weight is 334 g/mol. The van der Waals surface area contributed by atoms with Gasteiger partial charge in [-0.05, 0) is 30.2 Å². The molecule has 0 atom stereocenters. The number of rotatable bonds is 8. The summed E-state index contributed by atoms with van der Waals surface area (Å²) in [5.41, 5.74) is 3.72. The molecule has 2 aromatic rings. The van der Waals surface area contributed by atoms with Gasteiger partial charge in [0.25, 0.3) is 0 Å². The molecule has 0 spiro atoms. The SMILES string of the molecule is C=CCOc1ccc(CNCc2ccc(C)cc2)cc1OC.Cl. The predicted octanol–water partition coefficient (Wildman–Crippen LogP) is 4.28. The van der Waals surface area contributed by atoms with Crippen molar-refractivity contribution in [1.82, 2.24) is 5.32 Å². The van der Waals surface area contributed by atoms with Crippen LogP contribution in [0.2, 0.25) is 0 Å². The normalized spacial score (nSPS) is 9.83.